The highest BCUT2D eigenvalue weighted by atomic mass is 16.8. The Bertz CT molecular complexity index is 677. The molecule has 168 valence electrons. The maximum Gasteiger partial charge on any atom is 0.409 e. The van der Waals surface area contributed by atoms with E-state index in [1.54, 1.807) is 0 Å². The molecule has 0 bridgehead atoms. The second-order valence-corrected chi connectivity index (χ2v) is 6.14. The molecule has 12 heteroatoms. The van der Waals surface area contributed by atoms with Gasteiger partial charge in [0.15, 0.2) is 12.2 Å². The van der Waals surface area contributed by atoms with E-state index in [2.05, 4.69) is 11.9 Å². The third-order valence-corrected chi connectivity index (χ3v) is 3.56. The van der Waals surface area contributed by atoms with Crippen molar-refractivity contribution in [2.75, 3.05) is 13.2 Å². The van der Waals surface area contributed by atoms with Crippen molar-refractivity contribution in [3.63, 3.8) is 0 Å². The first-order valence-corrected chi connectivity index (χ1v) is 8.91. The Morgan fingerprint density at radius 1 is 0.833 bits per heavy atom. The number of alkyl carbamates (subject to hydrolysis) is 1. The summed E-state index contributed by atoms with van der Waals surface area (Å²) >= 11 is 0. The van der Waals surface area contributed by atoms with Crippen LogP contribution in [0.15, 0.2) is 12.7 Å². The highest BCUT2D eigenvalue weighted by molar-refractivity contribution is 5.69. The lowest BCUT2D eigenvalue weighted by atomic mass is 9.98. The first-order valence-electron chi connectivity index (χ1n) is 8.91. The largest absolute Gasteiger partial charge is 0.463 e. The zero-order chi connectivity index (χ0) is 22.8. The van der Waals surface area contributed by atoms with Crippen LogP contribution in [0.3, 0.4) is 0 Å². The lowest BCUT2D eigenvalue weighted by molar-refractivity contribution is -0.294. The van der Waals surface area contributed by atoms with Gasteiger partial charge in [-0.15, -0.1) is 6.58 Å². The highest BCUT2D eigenvalue weighted by Gasteiger charge is 2.53. The van der Waals surface area contributed by atoms with Crippen LogP contribution in [0, 0.1) is 0 Å². The van der Waals surface area contributed by atoms with Crippen molar-refractivity contribution in [2.24, 2.45) is 0 Å². The Labute approximate surface area is 172 Å². The van der Waals surface area contributed by atoms with Gasteiger partial charge < -0.3 is 33.7 Å². The Morgan fingerprint density at radius 3 is 1.87 bits per heavy atom. The molecule has 30 heavy (non-hydrogen) atoms. The van der Waals surface area contributed by atoms with E-state index in [4.69, 9.17) is 28.4 Å². The zero-order valence-corrected chi connectivity index (χ0v) is 17.1. The summed E-state index contributed by atoms with van der Waals surface area (Å²) in [6, 6.07) is 0. The van der Waals surface area contributed by atoms with Crippen LogP contribution in [0.1, 0.15) is 27.7 Å². The average Bonchev–Trinajstić information content (AvgIpc) is 2.62. The first kappa shape index (κ1) is 24.9. The van der Waals surface area contributed by atoms with E-state index in [9.17, 15) is 24.0 Å². The molecule has 1 heterocycles. The van der Waals surface area contributed by atoms with Crippen LogP contribution in [-0.2, 0) is 47.6 Å². The minimum Gasteiger partial charge on any atom is -0.463 e. The van der Waals surface area contributed by atoms with E-state index in [0.717, 1.165) is 27.7 Å². The highest BCUT2D eigenvalue weighted by Crippen LogP contribution is 2.30. The van der Waals surface area contributed by atoms with Crippen LogP contribution >= 0.6 is 0 Å². The predicted octanol–water partition coefficient (Wildman–Crippen LogP) is -0.0183. The second-order valence-electron chi connectivity index (χ2n) is 6.14. The number of rotatable bonds is 8. The Balaban J connectivity index is 3.28. The van der Waals surface area contributed by atoms with Gasteiger partial charge in [-0.05, 0) is 0 Å². The van der Waals surface area contributed by atoms with Crippen molar-refractivity contribution in [3.8, 4) is 0 Å². The summed E-state index contributed by atoms with van der Waals surface area (Å²) in [5.74, 6) is -3.02. The van der Waals surface area contributed by atoms with E-state index in [0.29, 0.717) is 0 Å². The van der Waals surface area contributed by atoms with Crippen LogP contribution < -0.4 is 5.32 Å². The van der Waals surface area contributed by atoms with Crippen molar-refractivity contribution in [1.82, 2.24) is 5.32 Å². The molecule has 0 unspecified atom stereocenters. The van der Waals surface area contributed by atoms with Gasteiger partial charge in [0.1, 0.15) is 12.7 Å². The van der Waals surface area contributed by atoms with E-state index in [1.165, 1.54) is 6.08 Å². The van der Waals surface area contributed by atoms with Gasteiger partial charge in [0.2, 0.25) is 12.4 Å². The monoisotopic (exact) mass is 431 g/mol. The van der Waals surface area contributed by atoms with Gasteiger partial charge in [0.05, 0.1) is 0 Å². The molecule has 1 saturated heterocycles. The van der Waals surface area contributed by atoms with Gasteiger partial charge in [0, 0.05) is 34.2 Å². The SMILES string of the molecule is C=CCNC(=O)O[C@@H]1O[C@H](COC(C)=O)[C@H](OC(C)=O)[C@H](OC(C)=O)[C@H]1OC(C)=O. The lowest BCUT2D eigenvalue weighted by Gasteiger charge is -2.43. The van der Waals surface area contributed by atoms with Gasteiger partial charge in [-0.2, -0.15) is 0 Å². The maximum absolute atomic E-state index is 12.0. The van der Waals surface area contributed by atoms with Crippen LogP contribution in [0.25, 0.3) is 0 Å². The number of carbonyl (C=O) groups is 5. The minimum absolute atomic E-state index is 0.0735. The van der Waals surface area contributed by atoms with Crippen molar-refractivity contribution in [2.45, 2.75) is 58.4 Å². The van der Waals surface area contributed by atoms with Gasteiger partial charge in [-0.1, -0.05) is 6.08 Å². The molecule has 5 atom stereocenters. The molecule has 1 amide bonds. The third-order valence-electron chi connectivity index (χ3n) is 3.56. The molecular weight excluding hydrogens is 406 g/mol. The van der Waals surface area contributed by atoms with Crippen LogP contribution in [0.2, 0.25) is 0 Å². The quantitative estimate of drug-likeness (QED) is 0.313. The number of ether oxygens (including phenoxy) is 6. The Kier molecular flexibility index (Phi) is 9.75. The molecule has 0 spiro atoms. The van der Waals surface area contributed by atoms with Crippen molar-refractivity contribution in [1.29, 1.82) is 0 Å². The summed E-state index contributed by atoms with van der Waals surface area (Å²) in [5, 5.41) is 2.34. The molecule has 1 fully saturated rings. The van der Waals surface area contributed by atoms with Crippen molar-refractivity contribution in [3.05, 3.63) is 12.7 Å². The molecule has 0 aromatic heterocycles. The molecule has 1 N–H and O–H groups in total. The summed E-state index contributed by atoms with van der Waals surface area (Å²) in [4.78, 5) is 58.1. The first-order chi connectivity index (χ1) is 14.0. The Morgan fingerprint density at radius 2 is 1.37 bits per heavy atom. The van der Waals surface area contributed by atoms with Gasteiger partial charge in [0.25, 0.3) is 0 Å². The maximum atomic E-state index is 12.0. The fraction of sp³-hybridized carbons (Fsp3) is 0.611. The lowest BCUT2D eigenvalue weighted by Crippen LogP contribution is -2.63. The second kappa shape index (κ2) is 11.8. The smallest absolute Gasteiger partial charge is 0.409 e. The summed E-state index contributed by atoms with van der Waals surface area (Å²) in [5.41, 5.74) is 0. The van der Waals surface area contributed by atoms with E-state index >= 15 is 0 Å². The van der Waals surface area contributed by atoms with Gasteiger partial charge >= 0.3 is 30.0 Å². The summed E-state index contributed by atoms with van der Waals surface area (Å²) in [7, 11) is 0. The zero-order valence-electron chi connectivity index (χ0n) is 17.1. The molecule has 12 nitrogen and oxygen atoms in total. The number of hydrogen-bond donors (Lipinski definition) is 1. The normalized spacial score (nSPS) is 25.3. The number of esters is 4. The fourth-order valence-electron chi connectivity index (χ4n) is 2.59. The van der Waals surface area contributed by atoms with E-state index < -0.39 is 67.3 Å². The molecule has 1 aliphatic rings. The van der Waals surface area contributed by atoms with Crippen molar-refractivity contribution >= 4 is 30.0 Å². The number of hydrogen-bond acceptors (Lipinski definition) is 11. The molecular formula is C18H25NO11. The standard InChI is InChI=1S/C18H25NO11/c1-6-7-19-18(24)30-17-16(28-12(5)23)15(27-11(4)22)14(26-10(3)21)13(29-17)8-25-9(2)20/h6,13-17H,1,7-8H2,2-5H3,(H,19,24)/t13-,14+,15+,16-,17+/m1/s1. The number of amides is 1. The van der Waals surface area contributed by atoms with E-state index in [-0.39, 0.29) is 6.54 Å². The molecule has 0 saturated carbocycles. The topological polar surface area (TPSA) is 153 Å². The fourth-order valence-corrected chi connectivity index (χ4v) is 2.59. The molecule has 0 radical (unpaired) electrons. The number of nitrogens with one attached hydrogen (secondary N) is 1. The molecule has 0 aliphatic carbocycles. The Hall–Kier alpha value is -3.15. The third kappa shape index (κ3) is 8.07. The van der Waals surface area contributed by atoms with Crippen molar-refractivity contribution < 1.29 is 52.4 Å². The molecule has 0 aromatic carbocycles. The van der Waals surface area contributed by atoms with Crippen LogP contribution in [0.4, 0.5) is 4.79 Å². The predicted molar refractivity (Wildman–Crippen MR) is 96.6 cm³/mol. The summed E-state index contributed by atoms with van der Waals surface area (Å²) < 4.78 is 31.2. The summed E-state index contributed by atoms with van der Waals surface area (Å²) in [6.45, 7) is 7.49. The van der Waals surface area contributed by atoms with Crippen LogP contribution in [0.5, 0.6) is 0 Å². The molecule has 0 aromatic rings. The minimum atomic E-state index is -1.57. The van der Waals surface area contributed by atoms with Crippen LogP contribution in [-0.4, -0.2) is 73.8 Å². The molecule has 1 aliphatic heterocycles. The number of carbonyl (C=O) groups excluding carboxylic acids is 5. The summed E-state index contributed by atoms with van der Waals surface area (Å²) in [6.07, 6.45) is -6.54. The molecule has 1 rings (SSSR count). The average molecular weight is 431 g/mol. The van der Waals surface area contributed by atoms with Gasteiger partial charge in [-0.3, -0.25) is 19.2 Å². The van der Waals surface area contributed by atoms with E-state index in [1.807, 2.05) is 0 Å². The van der Waals surface area contributed by atoms with Gasteiger partial charge in [-0.25, -0.2) is 4.79 Å².